The van der Waals surface area contributed by atoms with Gasteiger partial charge in [0.05, 0.1) is 18.6 Å². The molecule has 6 heteroatoms. The summed E-state index contributed by atoms with van der Waals surface area (Å²) in [6.45, 7) is 12.6. The van der Waals surface area contributed by atoms with Crippen LogP contribution in [-0.2, 0) is 28.5 Å². The van der Waals surface area contributed by atoms with E-state index in [0.29, 0.717) is 0 Å². The first-order chi connectivity index (χ1) is 19.0. The zero-order chi connectivity index (χ0) is 29.2. The molecule has 1 aromatic carbocycles. The third kappa shape index (κ3) is 9.46. The van der Waals surface area contributed by atoms with Gasteiger partial charge in [-0.3, -0.25) is 4.79 Å². The van der Waals surface area contributed by atoms with E-state index < -0.39 is 23.6 Å². The molecule has 3 rings (SSSR count). The molecule has 0 unspecified atom stereocenters. The van der Waals surface area contributed by atoms with Crippen LogP contribution >= 0.6 is 0 Å². The van der Waals surface area contributed by atoms with Crippen molar-refractivity contribution in [2.24, 2.45) is 10.8 Å². The highest BCUT2D eigenvalue weighted by Crippen LogP contribution is 2.40. The summed E-state index contributed by atoms with van der Waals surface area (Å²) in [6, 6.07) is 9.60. The molecule has 2 aliphatic rings. The fraction of sp³-hybridized carbons (Fsp3) is 0.471. The molecule has 0 atom stereocenters. The molecule has 1 aliphatic carbocycles. The number of benzene rings is 1. The molecule has 1 heterocycles. The quantitative estimate of drug-likeness (QED) is 0.173. The van der Waals surface area contributed by atoms with Gasteiger partial charge >= 0.3 is 11.9 Å². The lowest BCUT2D eigenvalue weighted by Crippen LogP contribution is -2.46. The molecule has 1 aliphatic heterocycles. The number of hydrogen-bond acceptors (Lipinski definition) is 6. The van der Waals surface area contributed by atoms with Gasteiger partial charge in [0, 0.05) is 18.6 Å². The fourth-order valence-corrected chi connectivity index (χ4v) is 4.99. The van der Waals surface area contributed by atoms with Crippen molar-refractivity contribution < 1.29 is 28.5 Å². The minimum Gasteiger partial charge on any atom is -0.465 e. The number of esters is 2. The molecule has 0 aromatic heterocycles. The van der Waals surface area contributed by atoms with Crippen LogP contribution in [0.5, 0.6) is 0 Å². The molecule has 0 bridgehead atoms. The molecule has 40 heavy (non-hydrogen) atoms. The van der Waals surface area contributed by atoms with E-state index in [0.717, 1.165) is 16.7 Å². The highest BCUT2D eigenvalue weighted by Gasteiger charge is 2.40. The average Bonchev–Trinajstić information content (AvgIpc) is 2.91. The Morgan fingerprint density at radius 1 is 0.975 bits per heavy atom. The summed E-state index contributed by atoms with van der Waals surface area (Å²) < 4.78 is 22.7. The second-order valence-corrected chi connectivity index (χ2v) is 11.7. The van der Waals surface area contributed by atoms with Crippen LogP contribution in [0.3, 0.4) is 0 Å². The van der Waals surface area contributed by atoms with Gasteiger partial charge in [-0.15, -0.1) is 0 Å². The molecule has 0 amide bonds. The van der Waals surface area contributed by atoms with Gasteiger partial charge in [-0.05, 0) is 56.6 Å². The molecule has 1 saturated heterocycles. The van der Waals surface area contributed by atoms with Gasteiger partial charge in [0.1, 0.15) is 13.2 Å². The minimum atomic E-state index is -0.781. The molecule has 216 valence electrons. The lowest BCUT2D eigenvalue weighted by molar-refractivity contribution is -0.251. The molecule has 0 saturated carbocycles. The van der Waals surface area contributed by atoms with Gasteiger partial charge in [-0.2, -0.15) is 0 Å². The lowest BCUT2D eigenvalue weighted by atomic mass is 9.72. The van der Waals surface area contributed by atoms with Gasteiger partial charge in [0.15, 0.2) is 6.29 Å². The van der Waals surface area contributed by atoms with Crippen LogP contribution in [0.25, 0.3) is 0 Å². The van der Waals surface area contributed by atoms with Crippen LogP contribution in [0.1, 0.15) is 72.7 Å². The van der Waals surface area contributed by atoms with Crippen LogP contribution in [-0.4, -0.2) is 38.4 Å². The summed E-state index contributed by atoms with van der Waals surface area (Å²) in [4.78, 5) is 24.0. The molecular formula is C34H44O6. The van der Waals surface area contributed by atoms with Crippen LogP contribution in [0.4, 0.5) is 0 Å². The lowest BCUT2D eigenvalue weighted by Gasteiger charge is -2.38. The SMILES string of the molecule is CC(=O)OCC1(COC(=O)/C=C(C)/C=C/C=C(C)/C=C/C2=C(C)CCCC2(C)C)COC(c2ccccc2)OC1. The van der Waals surface area contributed by atoms with Crippen molar-refractivity contribution in [1.29, 1.82) is 0 Å². The van der Waals surface area contributed by atoms with Crippen molar-refractivity contribution in [2.75, 3.05) is 26.4 Å². The van der Waals surface area contributed by atoms with E-state index in [9.17, 15) is 9.59 Å². The topological polar surface area (TPSA) is 71.1 Å². The first kappa shape index (κ1) is 31.3. The van der Waals surface area contributed by atoms with E-state index in [-0.39, 0.29) is 31.8 Å². The van der Waals surface area contributed by atoms with Crippen molar-refractivity contribution in [2.45, 2.75) is 67.1 Å². The number of hydrogen-bond donors (Lipinski definition) is 0. The Labute approximate surface area is 239 Å². The van der Waals surface area contributed by atoms with Crippen molar-refractivity contribution in [1.82, 2.24) is 0 Å². The average molecular weight is 549 g/mol. The molecule has 0 radical (unpaired) electrons. The number of ether oxygens (including phenoxy) is 4. The summed E-state index contributed by atoms with van der Waals surface area (Å²) in [5.74, 6) is -0.888. The van der Waals surface area contributed by atoms with Gasteiger partial charge in [-0.25, -0.2) is 4.79 Å². The zero-order valence-corrected chi connectivity index (χ0v) is 24.8. The maximum atomic E-state index is 12.6. The summed E-state index contributed by atoms with van der Waals surface area (Å²) in [7, 11) is 0. The summed E-state index contributed by atoms with van der Waals surface area (Å²) >= 11 is 0. The first-order valence-electron chi connectivity index (χ1n) is 14.0. The van der Waals surface area contributed by atoms with E-state index >= 15 is 0 Å². The summed E-state index contributed by atoms with van der Waals surface area (Å²) in [5.41, 5.74) is 5.14. The Morgan fingerprint density at radius 3 is 2.30 bits per heavy atom. The molecule has 6 nitrogen and oxygen atoms in total. The Morgan fingerprint density at radius 2 is 1.65 bits per heavy atom. The number of allylic oxidation sites excluding steroid dienone is 9. The number of carbonyl (C=O) groups is 2. The van der Waals surface area contributed by atoms with Crippen LogP contribution in [0, 0.1) is 10.8 Å². The van der Waals surface area contributed by atoms with Crippen LogP contribution in [0.15, 0.2) is 89.1 Å². The third-order valence-electron chi connectivity index (χ3n) is 7.37. The number of rotatable bonds is 10. The normalized spacial score (nSPS) is 24.0. The zero-order valence-electron chi connectivity index (χ0n) is 24.8. The van der Waals surface area contributed by atoms with E-state index in [1.165, 1.54) is 43.4 Å². The third-order valence-corrected chi connectivity index (χ3v) is 7.37. The molecule has 1 fully saturated rings. The Bertz CT molecular complexity index is 1170. The van der Waals surface area contributed by atoms with Crippen LogP contribution < -0.4 is 0 Å². The summed E-state index contributed by atoms with van der Waals surface area (Å²) in [6.07, 6.45) is 14.8. The van der Waals surface area contributed by atoms with Gasteiger partial charge < -0.3 is 18.9 Å². The predicted molar refractivity (Wildman–Crippen MR) is 157 cm³/mol. The smallest absolute Gasteiger partial charge is 0.331 e. The summed E-state index contributed by atoms with van der Waals surface area (Å²) in [5, 5.41) is 0. The van der Waals surface area contributed by atoms with Crippen molar-refractivity contribution >= 4 is 11.9 Å². The second-order valence-electron chi connectivity index (χ2n) is 11.7. The second kappa shape index (κ2) is 14.4. The van der Waals surface area contributed by atoms with Crippen LogP contribution in [0.2, 0.25) is 0 Å². The Hall–Kier alpha value is -3.22. The maximum Gasteiger partial charge on any atom is 0.331 e. The molecular weight excluding hydrogens is 504 g/mol. The highest BCUT2D eigenvalue weighted by molar-refractivity contribution is 5.83. The van der Waals surface area contributed by atoms with Crippen molar-refractivity contribution in [3.05, 3.63) is 94.6 Å². The predicted octanol–water partition coefficient (Wildman–Crippen LogP) is 7.36. The highest BCUT2D eigenvalue weighted by atomic mass is 16.7. The van der Waals surface area contributed by atoms with Gasteiger partial charge in [-0.1, -0.05) is 85.7 Å². The molecule has 0 N–H and O–H groups in total. The maximum absolute atomic E-state index is 12.6. The first-order valence-corrected chi connectivity index (χ1v) is 14.0. The van der Waals surface area contributed by atoms with Gasteiger partial charge in [0.25, 0.3) is 0 Å². The fourth-order valence-electron chi connectivity index (χ4n) is 4.99. The van der Waals surface area contributed by atoms with Gasteiger partial charge in [0.2, 0.25) is 0 Å². The molecule has 1 aromatic rings. The largest absolute Gasteiger partial charge is 0.465 e. The number of carbonyl (C=O) groups excluding carboxylic acids is 2. The van der Waals surface area contributed by atoms with E-state index in [1.807, 2.05) is 55.5 Å². The minimum absolute atomic E-state index is 0.00351. The van der Waals surface area contributed by atoms with E-state index in [4.69, 9.17) is 18.9 Å². The standard InChI is InChI=1S/C34H44O6/c1-25(17-18-30-27(3)14-11-19-33(30,5)6)12-10-13-26(2)20-31(36)38-22-34(21-37-28(4)35)23-39-32(40-24-34)29-15-8-7-9-16-29/h7-10,12-13,15-18,20,32H,11,14,19,21-24H2,1-6H3/b13-10+,18-17+,25-12+,26-20+. The van der Waals surface area contributed by atoms with E-state index in [2.05, 4.69) is 39.8 Å². The monoisotopic (exact) mass is 548 g/mol. The van der Waals surface area contributed by atoms with Crippen molar-refractivity contribution in [3.8, 4) is 0 Å². The molecule has 0 spiro atoms. The Kier molecular flexibility index (Phi) is 11.3. The van der Waals surface area contributed by atoms with Crippen molar-refractivity contribution in [3.63, 3.8) is 0 Å². The van der Waals surface area contributed by atoms with E-state index in [1.54, 1.807) is 0 Å². The Balaban J connectivity index is 1.55.